The van der Waals surface area contributed by atoms with Gasteiger partial charge in [0.1, 0.15) is 5.82 Å². The Bertz CT molecular complexity index is 873. The molecule has 2 aromatic heterocycles. The zero-order valence-corrected chi connectivity index (χ0v) is 15.8. The van der Waals surface area contributed by atoms with Crippen LogP contribution in [0.5, 0.6) is 0 Å². The zero-order chi connectivity index (χ0) is 20.1. The van der Waals surface area contributed by atoms with E-state index >= 15 is 0 Å². The molecule has 0 aliphatic carbocycles. The van der Waals surface area contributed by atoms with Crippen LogP contribution >= 0.6 is 0 Å². The lowest BCUT2D eigenvalue weighted by molar-refractivity contribution is -0.173. The second-order valence-electron chi connectivity index (χ2n) is 7.65. The Kier molecular flexibility index (Phi) is 4.59. The lowest BCUT2D eigenvalue weighted by atomic mass is 9.98. The number of hydrogen-bond acceptors (Lipinski definition) is 4. The van der Waals surface area contributed by atoms with E-state index in [1.165, 1.54) is 6.20 Å². The molecule has 4 rings (SSSR count). The second-order valence-corrected chi connectivity index (χ2v) is 7.65. The predicted molar refractivity (Wildman–Crippen MR) is 95.9 cm³/mol. The van der Waals surface area contributed by atoms with Gasteiger partial charge in [-0.25, -0.2) is 4.68 Å². The SMILES string of the molecule is C[C@@H]1C[C@H](C(F)(F)F)n2nc(C3CCCCN3C(=O)c3cnn(C)c3)cc2N1. The maximum atomic E-state index is 13.5. The summed E-state index contributed by atoms with van der Waals surface area (Å²) in [5, 5.41) is 11.4. The molecule has 1 fully saturated rings. The highest BCUT2D eigenvalue weighted by molar-refractivity contribution is 5.94. The largest absolute Gasteiger partial charge is 0.410 e. The highest BCUT2D eigenvalue weighted by Crippen LogP contribution is 2.41. The molecule has 10 heteroatoms. The van der Waals surface area contributed by atoms with E-state index < -0.39 is 12.2 Å². The van der Waals surface area contributed by atoms with Crippen LogP contribution in [0.4, 0.5) is 19.0 Å². The highest BCUT2D eigenvalue weighted by atomic mass is 19.4. The summed E-state index contributed by atoms with van der Waals surface area (Å²) in [7, 11) is 1.73. The lowest BCUT2D eigenvalue weighted by Crippen LogP contribution is -2.39. The van der Waals surface area contributed by atoms with Crippen LogP contribution in [-0.2, 0) is 7.05 Å². The van der Waals surface area contributed by atoms with Crippen LogP contribution in [0, 0.1) is 0 Å². The van der Waals surface area contributed by atoms with Crippen molar-refractivity contribution in [2.24, 2.45) is 7.05 Å². The van der Waals surface area contributed by atoms with Crippen molar-refractivity contribution in [2.75, 3.05) is 11.9 Å². The molecule has 152 valence electrons. The van der Waals surface area contributed by atoms with Crippen molar-refractivity contribution in [1.29, 1.82) is 0 Å². The van der Waals surface area contributed by atoms with Crippen LogP contribution in [0.3, 0.4) is 0 Å². The molecule has 0 radical (unpaired) electrons. The number of fused-ring (bicyclic) bond motifs is 1. The number of piperidine rings is 1. The van der Waals surface area contributed by atoms with Gasteiger partial charge in [0.2, 0.25) is 0 Å². The maximum absolute atomic E-state index is 13.5. The van der Waals surface area contributed by atoms with E-state index in [1.54, 1.807) is 35.8 Å². The van der Waals surface area contributed by atoms with Gasteiger partial charge in [-0.3, -0.25) is 9.48 Å². The van der Waals surface area contributed by atoms with Crippen LogP contribution in [0.25, 0.3) is 0 Å². The first kappa shape index (κ1) is 18.8. The topological polar surface area (TPSA) is 68.0 Å². The van der Waals surface area contributed by atoms with Crippen LogP contribution in [-0.4, -0.2) is 49.1 Å². The molecular weight excluding hydrogens is 373 g/mol. The monoisotopic (exact) mass is 396 g/mol. The Morgan fingerprint density at radius 2 is 2.11 bits per heavy atom. The first-order chi connectivity index (χ1) is 13.2. The molecule has 0 spiro atoms. The molecule has 1 saturated heterocycles. The molecule has 7 nitrogen and oxygen atoms in total. The van der Waals surface area contributed by atoms with Gasteiger partial charge in [0.15, 0.2) is 6.04 Å². The quantitative estimate of drug-likeness (QED) is 0.846. The van der Waals surface area contributed by atoms with E-state index in [0.717, 1.165) is 17.5 Å². The first-order valence-corrected chi connectivity index (χ1v) is 9.46. The average molecular weight is 396 g/mol. The number of alkyl halides is 3. The molecule has 1 amide bonds. The number of nitrogens with zero attached hydrogens (tertiary/aromatic N) is 5. The summed E-state index contributed by atoms with van der Waals surface area (Å²) in [5.74, 6) is 0.188. The number of likely N-dealkylation sites (tertiary alicyclic amines) is 1. The van der Waals surface area contributed by atoms with E-state index in [4.69, 9.17) is 0 Å². The van der Waals surface area contributed by atoms with E-state index in [9.17, 15) is 18.0 Å². The summed E-state index contributed by atoms with van der Waals surface area (Å²) in [6.45, 7) is 2.28. The third-order valence-corrected chi connectivity index (χ3v) is 5.46. The van der Waals surface area contributed by atoms with Crippen LogP contribution in [0.1, 0.15) is 60.7 Å². The number of halogens is 3. The Morgan fingerprint density at radius 3 is 2.79 bits per heavy atom. The lowest BCUT2D eigenvalue weighted by Gasteiger charge is -2.34. The van der Waals surface area contributed by atoms with Gasteiger partial charge < -0.3 is 10.2 Å². The Balaban J connectivity index is 1.66. The minimum Gasteiger partial charge on any atom is -0.368 e. The Labute approximate surface area is 160 Å². The summed E-state index contributed by atoms with van der Waals surface area (Å²) >= 11 is 0. The van der Waals surface area contributed by atoms with Crippen LogP contribution in [0.2, 0.25) is 0 Å². The molecule has 2 aliphatic rings. The van der Waals surface area contributed by atoms with Gasteiger partial charge in [0, 0.05) is 31.9 Å². The number of amides is 1. The molecule has 1 unspecified atom stereocenters. The van der Waals surface area contributed by atoms with Crippen molar-refractivity contribution in [3.63, 3.8) is 0 Å². The fraction of sp³-hybridized carbons (Fsp3) is 0.611. The third-order valence-electron chi connectivity index (χ3n) is 5.46. The van der Waals surface area contributed by atoms with Crippen molar-refractivity contribution in [1.82, 2.24) is 24.5 Å². The predicted octanol–water partition coefficient (Wildman–Crippen LogP) is 3.29. The molecular formula is C18H23F3N6O. The maximum Gasteiger partial charge on any atom is 0.410 e. The number of carbonyl (C=O) groups excluding carboxylic acids is 1. The molecule has 2 aromatic rings. The van der Waals surface area contributed by atoms with E-state index in [2.05, 4.69) is 15.5 Å². The first-order valence-electron chi connectivity index (χ1n) is 9.46. The van der Waals surface area contributed by atoms with Crippen molar-refractivity contribution in [3.8, 4) is 0 Å². The van der Waals surface area contributed by atoms with Gasteiger partial charge in [-0.15, -0.1) is 0 Å². The van der Waals surface area contributed by atoms with E-state index in [1.807, 2.05) is 0 Å². The Hall–Kier alpha value is -2.52. The number of anilines is 1. The van der Waals surface area contributed by atoms with Gasteiger partial charge in [-0.1, -0.05) is 0 Å². The fourth-order valence-corrected chi connectivity index (χ4v) is 4.12. The summed E-state index contributed by atoms with van der Waals surface area (Å²) in [6, 6.07) is -0.638. The molecule has 0 aromatic carbocycles. The number of aromatic nitrogens is 4. The zero-order valence-electron chi connectivity index (χ0n) is 15.8. The number of aryl methyl sites for hydroxylation is 1. The number of rotatable bonds is 2. The number of hydrogen-bond donors (Lipinski definition) is 1. The number of carbonyl (C=O) groups is 1. The standard InChI is InChI=1S/C18H23F3N6O/c1-11-7-15(18(19,20)21)27-16(23-11)8-13(24-27)14-5-3-4-6-26(14)17(28)12-9-22-25(2)10-12/h8-11,14-15,23H,3-7H2,1-2H3/t11-,14?,15-/m1/s1. The van der Waals surface area contributed by atoms with E-state index in [0.29, 0.717) is 30.0 Å². The molecule has 2 aliphatic heterocycles. The van der Waals surface area contributed by atoms with E-state index in [-0.39, 0.29) is 24.4 Å². The van der Waals surface area contributed by atoms with Gasteiger partial charge in [0.05, 0.1) is 23.5 Å². The minimum absolute atomic E-state index is 0.0688. The van der Waals surface area contributed by atoms with Gasteiger partial charge in [0.25, 0.3) is 5.91 Å². The summed E-state index contributed by atoms with van der Waals surface area (Å²) in [4.78, 5) is 14.7. The molecule has 3 atom stereocenters. The van der Waals surface area contributed by atoms with Gasteiger partial charge >= 0.3 is 6.18 Å². The van der Waals surface area contributed by atoms with Crippen LogP contribution < -0.4 is 5.32 Å². The van der Waals surface area contributed by atoms with Crippen molar-refractivity contribution in [3.05, 3.63) is 29.7 Å². The minimum atomic E-state index is -4.37. The second kappa shape index (κ2) is 6.82. The van der Waals surface area contributed by atoms with Gasteiger partial charge in [-0.05, 0) is 32.6 Å². The molecule has 4 heterocycles. The number of nitrogens with one attached hydrogen (secondary N) is 1. The van der Waals surface area contributed by atoms with Crippen molar-refractivity contribution in [2.45, 2.75) is 56.9 Å². The smallest absolute Gasteiger partial charge is 0.368 e. The normalized spacial score (nSPS) is 25.3. The Morgan fingerprint density at radius 1 is 1.32 bits per heavy atom. The average Bonchev–Trinajstić information content (AvgIpc) is 3.25. The molecule has 1 N–H and O–H groups in total. The molecule has 28 heavy (non-hydrogen) atoms. The third kappa shape index (κ3) is 3.35. The van der Waals surface area contributed by atoms with Crippen molar-refractivity contribution >= 4 is 11.7 Å². The van der Waals surface area contributed by atoms with Gasteiger partial charge in [-0.2, -0.15) is 23.4 Å². The molecule has 0 bridgehead atoms. The summed E-state index contributed by atoms with van der Waals surface area (Å²) in [6.07, 6.45) is 1.15. The fourth-order valence-electron chi connectivity index (χ4n) is 4.12. The summed E-state index contributed by atoms with van der Waals surface area (Å²) in [5.41, 5.74) is 0.973. The van der Waals surface area contributed by atoms with Crippen LogP contribution in [0.15, 0.2) is 18.5 Å². The summed E-state index contributed by atoms with van der Waals surface area (Å²) < 4.78 is 43.1. The van der Waals surface area contributed by atoms with Crippen molar-refractivity contribution < 1.29 is 18.0 Å². The highest BCUT2D eigenvalue weighted by Gasteiger charge is 2.46. The molecule has 0 saturated carbocycles.